The molecule has 1 atom stereocenters. The third-order valence-electron chi connectivity index (χ3n) is 6.51. The summed E-state index contributed by atoms with van der Waals surface area (Å²) in [5, 5.41) is 3.90. The predicted molar refractivity (Wildman–Crippen MR) is 137 cm³/mol. The van der Waals surface area contributed by atoms with Gasteiger partial charge in [-0.25, -0.2) is 9.97 Å². The average Bonchev–Trinajstić information content (AvgIpc) is 2.78. The molecular formula is C24H27F3N5OPS. The first-order valence-corrected chi connectivity index (χ1v) is 13.8. The number of aryl methyl sites for hydroxylation is 1. The zero-order chi connectivity index (χ0) is 25.5. The van der Waals surface area contributed by atoms with Crippen LogP contribution < -0.4 is 10.8 Å². The van der Waals surface area contributed by atoms with Crippen LogP contribution in [0.5, 0.6) is 0 Å². The van der Waals surface area contributed by atoms with Crippen LogP contribution in [0, 0.1) is 13.8 Å². The summed E-state index contributed by atoms with van der Waals surface area (Å²) in [5.74, 6) is 0.972. The molecule has 186 valence electrons. The van der Waals surface area contributed by atoms with Crippen LogP contribution in [0.4, 0.5) is 19.0 Å². The summed E-state index contributed by atoms with van der Waals surface area (Å²) in [6, 6.07) is 5.48. The quantitative estimate of drug-likeness (QED) is 0.360. The van der Waals surface area contributed by atoms with E-state index in [-0.39, 0.29) is 5.56 Å². The number of hydrogen-bond donors (Lipinski definition) is 1. The number of nitrogens with zero attached hydrogens (tertiary/aromatic N) is 4. The molecule has 11 heteroatoms. The highest BCUT2D eigenvalue weighted by atomic mass is 32.1. The Hall–Kier alpha value is -2.58. The standard InChI is InChI=1S/C24H27F3N5OPS/c1-14-18(6-5-7-20(14)24(25,26)27)15(2)29-23-19-12-22(28-13-21(19)30-16(3)31-23)34(33)10-8-32(9-11-34)17(4)35/h5-7,12-13,15H,8-11H2,1-4H3,(H,29,30,31)/t15-/m1/s1. The molecule has 0 radical (unpaired) electrons. The summed E-state index contributed by atoms with van der Waals surface area (Å²) in [6.07, 6.45) is -1.87. The minimum Gasteiger partial charge on any atom is -0.365 e. The molecule has 1 N–H and O–H groups in total. The van der Waals surface area contributed by atoms with Crippen molar-refractivity contribution in [3.8, 4) is 0 Å². The molecule has 2 aromatic heterocycles. The molecule has 0 aliphatic carbocycles. The summed E-state index contributed by atoms with van der Waals surface area (Å²) in [4.78, 5) is 16.3. The minimum absolute atomic E-state index is 0.169. The molecule has 3 heterocycles. The second-order valence-corrected chi connectivity index (χ2v) is 12.6. The van der Waals surface area contributed by atoms with Gasteiger partial charge in [0.2, 0.25) is 0 Å². The number of pyridine rings is 1. The van der Waals surface area contributed by atoms with Crippen LogP contribution in [0.3, 0.4) is 0 Å². The third-order valence-corrected chi connectivity index (χ3v) is 9.69. The minimum atomic E-state index is -4.43. The van der Waals surface area contributed by atoms with Gasteiger partial charge >= 0.3 is 6.18 Å². The second-order valence-electron chi connectivity index (χ2n) is 8.91. The Morgan fingerprint density at radius 3 is 2.51 bits per heavy atom. The number of nitrogens with one attached hydrogen (secondary N) is 1. The maximum absolute atomic E-state index is 13.7. The van der Waals surface area contributed by atoms with Gasteiger partial charge in [-0.3, -0.25) is 4.98 Å². The van der Waals surface area contributed by atoms with Crippen LogP contribution in [0.15, 0.2) is 30.5 Å². The number of halogens is 3. The van der Waals surface area contributed by atoms with Gasteiger partial charge in [0.1, 0.15) is 24.2 Å². The third kappa shape index (κ3) is 5.19. The van der Waals surface area contributed by atoms with Crippen LogP contribution in [-0.4, -0.2) is 50.3 Å². The van der Waals surface area contributed by atoms with E-state index in [1.165, 1.54) is 13.0 Å². The summed E-state index contributed by atoms with van der Waals surface area (Å²) < 4.78 is 54.0. The van der Waals surface area contributed by atoms with Crippen molar-refractivity contribution in [3.63, 3.8) is 0 Å². The smallest absolute Gasteiger partial charge is 0.365 e. The van der Waals surface area contributed by atoms with Crippen LogP contribution >= 0.6 is 19.4 Å². The number of fused-ring (bicyclic) bond motifs is 1. The van der Waals surface area contributed by atoms with Gasteiger partial charge in [-0.1, -0.05) is 24.4 Å². The van der Waals surface area contributed by atoms with Crippen LogP contribution in [0.2, 0.25) is 0 Å². The Morgan fingerprint density at radius 2 is 1.89 bits per heavy atom. The lowest BCUT2D eigenvalue weighted by atomic mass is 9.97. The number of thiocarbonyl (C=S) groups is 1. The number of hydrogen-bond acceptors (Lipinski definition) is 6. The van der Waals surface area contributed by atoms with Gasteiger partial charge in [0, 0.05) is 30.8 Å². The lowest BCUT2D eigenvalue weighted by Gasteiger charge is -2.32. The summed E-state index contributed by atoms with van der Waals surface area (Å²) in [6.45, 7) is 8.11. The lowest BCUT2D eigenvalue weighted by Crippen LogP contribution is -2.39. The molecule has 1 aliphatic heterocycles. The van der Waals surface area contributed by atoms with Crippen molar-refractivity contribution in [2.75, 3.05) is 30.7 Å². The van der Waals surface area contributed by atoms with E-state index in [0.29, 0.717) is 59.0 Å². The largest absolute Gasteiger partial charge is 0.416 e. The van der Waals surface area contributed by atoms with E-state index in [9.17, 15) is 17.7 Å². The molecule has 0 unspecified atom stereocenters. The Kier molecular flexibility index (Phi) is 6.90. The number of rotatable bonds is 4. The normalized spacial score (nSPS) is 16.8. The SMILES string of the molecule is CC(=S)N1CCP(=O)(c2cc3c(N[C@H](C)c4cccc(C(F)(F)F)c4C)nc(C)nc3cn2)CC1. The molecule has 0 saturated carbocycles. The van der Waals surface area contributed by atoms with Crippen molar-refractivity contribution in [3.05, 3.63) is 53.0 Å². The van der Waals surface area contributed by atoms with E-state index in [4.69, 9.17) is 12.2 Å². The Bertz CT molecular complexity index is 1330. The van der Waals surface area contributed by atoms with Crippen LogP contribution in [-0.2, 0) is 10.7 Å². The highest BCUT2D eigenvalue weighted by molar-refractivity contribution is 7.80. The zero-order valence-corrected chi connectivity index (χ0v) is 21.7. The fraction of sp³-hybridized carbons (Fsp3) is 0.417. The molecule has 35 heavy (non-hydrogen) atoms. The van der Waals surface area contributed by atoms with Gasteiger partial charge in [0.15, 0.2) is 0 Å². The zero-order valence-electron chi connectivity index (χ0n) is 20.0. The summed E-state index contributed by atoms with van der Waals surface area (Å²) >= 11 is 5.25. The highest BCUT2D eigenvalue weighted by Crippen LogP contribution is 2.46. The van der Waals surface area contributed by atoms with E-state index >= 15 is 0 Å². The van der Waals surface area contributed by atoms with E-state index < -0.39 is 24.9 Å². The maximum atomic E-state index is 13.7. The Balaban J connectivity index is 1.70. The molecule has 0 bridgehead atoms. The highest BCUT2D eigenvalue weighted by Gasteiger charge is 2.34. The Labute approximate surface area is 207 Å². The monoisotopic (exact) mass is 521 g/mol. The van der Waals surface area contributed by atoms with Crippen molar-refractivity contribution in [2.45, 2.75) is 39.9 Å². The molecule has 1 saturated heterocycles. The number of aromatic nitrogens is 3. The average molecular weight is 522 g/mol. The molecular weight excluding hydrogens is 494 g/mol. The topological polar surface area (TPSA) is 71.0 Å². The van der Waals surface area contributed by atoms with E-state index in [1.54, 1.807) is 32.2 Å². The first-order chi connectivity index (χ1) is 16.4. The van der Waals surface area contributed by atoms with Crippen molar-refractivity contribution in [2.24, 2.45) is 0 Å². The van der Waals surface area contributed by atoms with E-state index in [0.717, 1.165) is 11.1 Å². The van der Waals surface area contributed by atoms with Gasteiger partial charge in [-0.15, -0.1) is 0 Å². The molecule has 0 spiro atoms. The maximum Gasteiger partial charge on any atom is 0.416 e. The molecule has 4 rings (SSSR count). The molecule has 0 amide bonds. The summed E-state index contributed by atoms with van der Waals surface area (Å²) in [5.41, 5.74) is 1.13. The van der Waals surface area contributed by atoms with Crippen molar-refractivity contribution < 1.29 is 17.7 Å². The van der Waals surface area contributed by atoms with Gasteiger partial charge < -0.3 is 14.8 Å². The van der Waals surface area contributed by atoms with Gasteiger partial charge in [-0.2, -0.15) is 13.2 Å². The molecule has 3 aromatic rings. The molecule has 6 nitrogen and oxygen atoms in total. The molecule has 1 aromatic carbocycles. The number of benzene rings is 1. The predicted octanol–water partition coefficient (Wildman–Crippen LogP) is 5.48. The van der Waals surface area contributed by atoms with E-state index in [2.05, 4.69) is 20.3 Å². The van der Waals surface area contributed by atoms with Crippen molar-refractivity contribution in [1.82, 2.24) is 19.9 Å². The van der Waals surface area contributed by atoms with Gasteiger partial charge in [0.05, 0.1) is 28.3 Å². The van der Waals surface area contributed by atoms with Crippen LogP contribution in [0.1, 0.15) is 42.4 Å². The van der Waals surface area contributed by atoms with Gasteiger partial charge in [0.25, 0.3) is 0 Å². The first kappa shape index (κ1) is 25.5. The van der Waals surface area contributed by atoms with Crippen LogP contribution in [0.25, 0.3) is 10.9 Å². The number of anilines is 1. The van der Waals surface area contributed by atoms with E-state index in [1.807, 2.05) is 11.8 Å². The van der Waals surface area contributed by atoms with Crippen molar-refractivity contribution >= 4 is 46.5 Å². The second kappa shape index (κ2) is 9.47. The first-order valence-electron chi connectivity index (χ1n) is 11.3. The Morgan fingerprint density at radius 1 is 1.20 bits per heavy atom. The molecule has 1 aliphatic rings. The lowest BCUT2D eigenvalue weighted by molar-refractivity contribution is -0.138. The van der Waals surface area contributed by atoms with Gasteiger partial charge in [-0.05, 0) is 51.0 Å². The molecule has 1 fully saturated rings. The van der Waals surface area contributed by atoms with Crippen molar-refractivity contribution in [1.29, 1.82) is 0 Å². The summed E-state index contributed by atoms with van der Waals surface area (Å²) in [7, 11) is -2.72. The number of alkyl halides is 3. The fourth-order valence-electron chi connectivity index (χ4n) is 4.51. The fourth-order valence-corrected chi connectivity index (χ4v) is 7.14.